The zero-order valence-corrected chi connectivity index (χ0v) is 12.4. The summed E-state index contributed by atoms with van der Waals surface area (Å²) < 4.78 is 2.10. The highest BCUT2D eigenvalue weighted by molar-refractivity contribution is 6.35. The summed E-state index contributed by atoms with van der Waals surface area (Å²) in [6.45, 7) is 4.62. The van der Waals surface area contributed by atoms with Crippen LogP contribution in [0.15, 0.2) is 30.6 Å². The van der Waals surface area contributed by atoms with E-state index in [1.54, 1.807) is 6.07 Å². The first kappa shape index (κ1) is 14.4. The Kier molecular flexibility index (Phi) is 5.25. The maximum Gasteiger partial charge on any atom is 0.122 e. The summed E-state index contributed by atoms with van der Waals surface area (Å²) in [5, 5.41) is 4.70. The summed E-state index contributed by atoms with van der Waals surface area (Å²) in [5.41, 5.74) is 1.04. The van der Waals surface area contributed by atoms with Crippen LogP contribution in [-0.2, 0) is 13.1 Å². The van der Waals surface area contributed by atoms with Gasteiger partial charge in [-0.05, 0) is 30.7 Å². The molecular formula is C14H17Cl2N3. The van der Waals surface area contributed by atoms with E-state index < -0.39 is 0 Å². The molecule has 0 aliphatic heterocycles. The molecule has 0 aliphatic carbocycles. The lowest BCUT2D eigenvalue weighted by atomic mass is 10.2. The van der Waals surface area contributed by atoms with Crippen molar-refractivity contribution in [2.45, 2.75) is 26.4 Å². The average molecular weight is 298 g/mol. The summed E-state index contributed by atoms with van der Waals surface area (Å²) in [4.78, 5) is 4.36. The van der Waals surface area contributed by atoms with Crippen molar-refractivity contribution in [3.63, 3.8) is 0 Å². The minimum absolute atomic E-state index is 0.657. The molecular weight excluding hydrogens is 281 g/mol. The fraction of sp³-hybridized carbons (Fsp3) is 0.357. The van der Waals surface area contributed by atoms with Crippen molar-refractivity contribution in [2.24, 2.45) is 0 Å². The molecule has 0 saturated carbocycles. The van der Waals surface area contributed by atoms with Crippen molar-refractivity contribution in [3.8, 4) is 0 Å². The van der Waals surface area contributed by atoms with Crippen LogP contribution in [0.1, 0.15) is 24.7 Å². The minimum atomic E-state index is 0.657. The second-order valence-electron chi connectivity index (χ2n) is 4.38. The van der Waals surface area contributed by atoms with Crippen molar-refractivity contribution in [2.75, 3.05) is 6.54 Å². The van der Waals surface area contributed by atoms with Gasteiger partial charge in [0.05, 0.1) is 13.1 Å². The predicted octanol–water partition coefficient (Wildman–Crippen LogP) is 3.74. The molecule has 1 heterocycles. The van der Waals surface area contributed by atoms with E-state index in [4.69, 9.17) is 23.2 Å². The molecule has 3 nitrogen and oxygen atoms in total. The Hall–Kier alpha value is -1.03. The molecule has 1 aromatic heterocycles. The highest BCUT2D eigenvalue weighted by Gasteiger charge is 2.06. The van der Waals surface area contributed by atoms with Crippen LogP contribution in [0.3, 0.4) is 0 Å². The van der Waals surface area contributed by atoms with E-state index in [-0.39, 0.29) is 0 Å². The van der Waals surface area contributed by atoms with Gasteiger partial charge in [0, 0.05) is 22.4 Å². The summed E-state index contributed by atoms with van der Waals surface area (Å²) in [5.74, 6) is 1.01. The second kappa shape index (κ2) is 6.94. The maximum absolute atomic E-state index is 6.19. The van der Waals surface area contributed by atoms with Crippen LogP contribution in [0.2, 0.25) is 10.0 Å². The number of halogens is 2. The van der Waals surface area contributed by atoms with E-state index >= 15 is 0 Å². The molecule has 2 rings (SSSR count). The lowest BCUT2D eigenvalue weighted by Crippen LogP contribution is -2.18. The Balaban J connectivity index is 2.08. The van der Waals surface area contributed by atoms with E-state index in [0.29, 0.717) is 16.6 Å². The summed E-state index contributed by atoms with van der Waals surface area (Å²) >= 11 is 12.1. The third kappa shape index (κ3) is 3.96. The smallest absolute Gasteiger partial charge is 0.122 e. The molecule has 0 bridgehead atoms. The molecule has 102 valence electrons. The van der Waals surface area contributed by atoms with Gasteiger partial charge in [0.25, 0.3) is 0 Å². The van der Waals surface area contributed by atoms with Crippen molar-refractivity contribution < 1.29 is 0 Å². The molecule has 0 saturated heterocycles. The van der Waals surface area contributed by atoms with E-state index in [0.717, 1.165) is 30.9 Å². The summed E-state index contributed by atoms with van der Waals surface area (Å²) in [7, 11) is 0. The lowest BCUT2D eigenvalue weighted by molar-refractivity contribution is 0.615. The highest BCUT2D eigenvalue weighted by Crippen LogP contribution is 2.22. The van der Waals surface area contributed by atoms with Crippen molar-refractivity contribution in [1.29, 1.82) is 0 Å². The zero-order chi connectivity index (χ0) is 13.7. The molecule has 0 aliphatic rings. The number of hydrogen-bond donors (Lipinski definition) is 1. The van der Waals surface area contributed by atoms with Crippen LogP contribution >= 0.6 is 23.2 Å². The Morgan fingerprint density at radius 1 is 1.32 bits per heavy atom. The third-order valence-corrected chi connectivity index (χ3v) is 3.45. The topological polar surface area (TPSA) is 29.9 Å². The number of aromatic nitrogens is 2. The quantitative estimate of drug-likeness (QED) is 0.823. The van der Waals surface area contributed by atoms with E-state index in [1.165, 1.54) is 0 Å². The number of nitrogens with one attached hydrogen (secondary N) is 1. The van der Waals surface area contributed by atoms with E-state index in [9.17, 15) is 0 Å². The molecule has 0 atom stereocenters. The van der Waals surface area contributed by atoms with Gasteiger partial charge in [-0.2, -0.15) is 0 Å². The zero-order valence-electron chi connectivity index (χ0n) is 10.9. The van der Waals surface area contributed by atoms with Gasteiger partial charge >= 0.3 is 0 Å². The summed E-state index contributed by atoms with van der Waals surface area (Å²) in [6.07, 6.45) is 4.89. The molecule has 0 unspecified atom stereocenters. The third-order valence-electron chi connectivity index (χ3n) is 2.87. The first-order chi connectivity index (χ1) is 9.20. The molecule has 5 heteroatoms. The number of rotatable bonds is 6. The van der Waals surface area contributed by atoms with Gasteiger partial charge in [-0.15, -0.1) is 0 Å². The largest absolute Gasteiger partial charge is 0.329 e. The van der Waals surface area contributed by atoms with Crippen molar-refractivity contribution >= 4 is 23.2 Å². The van der Waals surface area contributed by atoms with Gasteiger partial charge in [0.15, 0.2) is 0 Å². The van der Waals surface area contributed by atoms with Crippen LogP contribution in [0.5, 0.6) is 0 Å². The van der Waals surface area contributed by atoms with Crippen LogP contribution in [0, 0.1) is 0 Å². The first-order valence-electron chi connectivity index (χ1n) is 6.35. The Morgan fingerprint density at radius 2 is 2.16 bits per heavy atom. The molecule has 0 spiro atoms. The summed E-state index contributed by atoms with van der Waals surface area (Å²) in [6, 6.07) is 5.58. The fourth-order valence-electron chi connectivity index (χ4n) is 1.86. The minimum Gasteiger partial charge on any atom is -0.329 e. The van der Waals surface area contributed by atoms with Crippen LogP contribution in [0.4, 0.5) is 0 Å². The van der Waals surface area contributed by atoms with Gasteiger partial charge in [0.2, 0.25) is 0 Å². The molecule has 1 aromatic carbocycles. The predicted molar refractivity (Wildman–Crippen MR) is 79.8 cm³/mol. The molecule has 0 amide bonds. The Bertz CT molecular complexity index is 537. The van der Waals surface area contributed by atoms with Crippen LogP contribution < -0.4 is 5.32 Å². The lowest BCUT2D eigenvalue weighted by Gasteiger charge is -2.10. The Morgan fingerprint density at radius 3 is 2.89 bits per heavy atom. The number of imidazole rings is 1. The van der Waals surface area contributed by atoms with Gasteiger partial charge in [-0.3, -0.25) is 0 Å². The number of hydrogen-bond acceptors (Lipinski definition) is 2. The fourth-order valence-corrected chi connectivity index (χ4v) is 2.33. The second-order valence-corrected chi connectivity index (χ2v) is 5.23. The van der Waals surface area contributed by atoms with Gasteiger partial charge in [0.1, 0.15) is 5.82 Å². The molecule has 19 heavy (non-hydrogen) atoms. The molecule has 2 aromatic rings. The molecule has 1 N–H and O–H groups in total. The number of nitrogens with zero attached hydrogens (tertiary/aromatic N) is 2. The normalized spacial score (nSPS) is 10.9. The first-order valence-corrected chi connectivity index (χ1v) is 7.11. The van der Waals surface area contributed by atoms with E-state index in [2.05, 4.69) is 21.8 Å². The van der Waals surface area contributed by atoms with Crippen molar-refractivity contribution in [3.05, 3.63) is 52.0 Å². The van der Waals surface area contributed by atoms with Gasteiger partial charge < -0.3 is 9.88 Å². The van der Waals surface area contributed by atoms with Gasteiger partial charge in [-0.1, -0.05) is 36.2 Å². The van der Waals surface area contributed by atoms with Crippen LogP contribution in [-0.4, -0.2) is 16.1 Å². The maximum atomic E-state index is 6.19. The van der Waals surface area contributed by atoms with Gasteiger partial charge in [-0.25, -0.2) is 4.98 Å². The average Bonchev–Trinajstić information content (AvgIpc) is 2.81. The van der Waals surface area contributed by atoms with Crippen LogP contribution in [0.25, 0.3) is 0 Å². The standard InChI is InChI=1S/C14H17Cl2N3/c1-2-5-17-9-14-18-6-7-19(14)10-11-3-4-12(15)8-13(11)16/h3-4,6-8,17H,2,5,9-10H2,1H3. The SMILES string of the molecule is CCCNCc1nccn1Cc1ccc(Cl)cc1Cl. The number of benzene rings is 1. The molecule has 0 radical (unpaired) electrons. The van der Waals surface area contributed by atoms with E-state index in [1.807, 2.05) is 24.5 Å². The Labute approximate surface area is 123 Å². The monoisotopic (exact) mass is 297 g/mol. The molecule has 0 fully saturated rings. The van der Waals surface area contributed by atoms with Crippen molar-refractivity contribution in [1.82, 2.24) is 14.9 Å². The highest BCUT2D eigenvalue weighted by atomic mass is 35.5.